The normalized spacial score (nSPS) is 9.17. The molecule has 0 aliphatic rings. The third-order valence-corrected chi connectivity index (χ3v) is 0.221. The van der Waals surface area contributed by atoms with Crippen LogP contribution in [0.15, 0.2) is 12.4 Å². The van der Waals surface area contributed by atoms with Crippen LogP contribution in [0.5, 0.6) is 0 Å². The summed E-state index contributed by atoms with van der Waals surface area (Å²) in [5.41, 5.74) is 0. The van der Waals surface area contributed by atoms with E-state index in [1.54, 1.807) is 0 Å². The van der Waals surface area contributed by atoms with Crippen molar-refractivity contribution in [2.24, 2.45) is 0 Å². The first-order valence-corrected chi connectivity index (χ1v) is 1.20. The SMILES string of the molecule is [2H]OC(=O)C(=C)F. The molecule has 0 fully saturated rings. The van der Waals surface area contributed by atoms with Gasteiger partial charge in [0.25, 0.3) is 1.43 Å². The molecule has 0 aliphatic carbocycles. The number of carbonyl (C=O) groups is 1. The molecule has 0 aromatic heterocycles. The Labute approximate surface area is 35.4 Å². The second kappa shape index (κ2) is 1.55. The molecule has 34 valence electrons. The lowest BCUT2D eigenvalue weighted by Crippen LogP contribution is -1.90. The lowest BCUT2D eigenvalue weighted by atomic mass is 10.6. The monoisotopic (exact) mass is 91.0 g/mol. The molecule has 0 heterocycles. The molecule has 3 heteroatoms. The predicted molar refractivity (Wildman–Crippen MR) is 17.9 cm³/mol. The molecule has 0 atom stereocenters. The Hall–Kier alpha value is -0.860. The summed E-state index contributed by atoms with van der Waals surface area (Å²) in [4.78, 5) is 9.63. The zero-order chi connectivity index (χ0) is 5.86. The van der Waals surface area contributed by atoms with Gasteiger partial charge in [0.1, 0.15) is 0 Å². The maximum absolute atomic E-state index is 11.3. The van der Waals surface area contributed by atoms with Crippen LogP contribution in [0.3, 0.4) is 0 Å². The van der Waals surface area contributed by atoms with E-state index in [2.05, 4.69) is 11.7 Å². The van der Waals surface area contributed by atoms with Gasteiger partial charge in [-0.3, -0.25) is 0 Å². The first-order valence-electron chi connectivity index (χ1n) is 1.61. The minimum absolute atomic E-state index is 1.25. The average Bonchev–Trinajstić information content (AvgIpc) is 1.65. The fourth-order valence-corrected chi connectivity index (χ4v) is 0. The zero-order valence-electron chi connectivity index (χ0n) is 3.90. The van der Waals surface area contributed by atoms with Crippen LogP contribution in [-0.4, -0.2) is 11.1 Å². The van der Waals surface area contributed by atoms with Crippen LogP contribution in [0.2, 0.25) is 0 Å². The molecule has 1 N–H and O–H groups in total. The van der Waals surface area contributed by atoms with Crippen LogP contribution in [0.25, 0.3) is 1.43 Å². The first-order chi connectivity index (χ1) is 3.18. The highest BCUT2D eigenvalue weighted by atomic mass is 19.1. The molecule has 0 saturated heterocycles. The molecular weight excluding hydrogens is 87.0 g/mol. The van der Waals surface area contributed by atoms with E-state index in [0.29, 0.717) is 0 Å². The molecule has 0 amide bonds. The van der Waals surface area contributed by atoms with Gasteiger partial charge in [0.2, 0.25) is 5.83 Å². The molecule has 0 aliphatic heterocycles. The van der Waals surface area contributed by atoms with Gasteiger partial charge < -0.3 is 5.11 Å². The molecular formula is C3H3FO2. The smallest absolute Gasteiger partial charge is 0.364 e. The van der Waals surface area contributed by atoms with Crippen LogP contribution < -0.4 is 0 Å². The zero-order valence-corrected chi connectivity index (χ0v) is 2.90. The summed E-state index contributed by atoms with van der Waals surface area (Å²) in [6, 6.07) is 0. The fraction of sp³-hybridized carbons (Fsp3) is 0. The van der Waals surface area contributed by atoms with Crippen molar-refractivity contribution in [3.8, 4) is 0 Å². The van der Waals surface area contributed by atoms with Gasteiger partial charge in [0.15, 0.2) is 0 Å². The maximum atomic E-state index is 11.3. The Bertz CT molecular complexity index is 101. The maximum Gasteiger partial charge on any atom is 0.364 e. The van der Waals surface area contributed by atoms with Gasteiger partial charge in [0, 0.05) is 0 Å². The number of rotatable bonds is 1. The summed E-state index contributed by atoms with van der Waals surface area (Å²) in [5, 5.41) is 3.15. The molecule has 0 radical (unpaired) electrons. The predicted octanol–water partition coefficient (Wildman–Crippen LogP) is 0.554. The van der Waals surface area contributed by atoms with Crippen molar-refractivity contribution in [3.05, 3.63) is 12.4 Å². The average molecular weight is 91.1 g/mol. The van der Waals surface area contributed by atoms with Crippen LogP contribution in [-0.2, 0) is 4.79 Å². The van der Waals surface area contributed by atoms with E-state index < -0.39 is 11.8 Å². The van der Waals surface area contributed by atoms with Crippen molar-refractivity contribution >= 4 is 5.97 Å². The van der Waals surface area contributed by atoms with Crippen LogP contribution in [0.1, 0.15) is 0 Å². The van der Waals surface area contributed by atoms with Crippen LogP contribution in [0, 0.1) is 0 Å². The molecule has 0 spiro atoms. The molecule has 2 nitrogen and oxygen atoms in total. The highest BCUT2D eigenvalue weighted by molar-refractivity contribution is 5.82. The van der Waals surface area contributed by atoms with Gasteiger partial charge in [-0.2, -0.15) is 4.39 Å². The minimum Gasteiger partial charge on any atom is -0.476 e. The minimum atomic E-state index is -1.35. The standard InChI is InChI=1S/C3H3FO2/c1-2(4)3(5)6/h1H2,(H,5,6)/i/hD. The fourth-order valence-electron chi connectivity index (χ4n) is 0. The third-order valence-electron chi connectivity index (χ3n) is 0.221. The van der Waals surface area contributed by atoms with E-state index >= 15 is 0 Å². The van der Waals surface area contributed by atoms with E-state index in [0.717, 1.165) is 0 Å². The first kappa shape index (κ1) is 3.33. The summed E-state index contributed by atoms with van der Waals surface area (Å²) in [6.45, 7) is 2.56. The number of halogens is 1. The summed E-state index contributed by atoms with van der Waals surface area (Å²) in [5.74, 6) is -2.60. The van der Waals surface area contributed by atoms with Crippen molar-refractivity contribution < 1.29 is 14.3 Å². The van der Waals surface area contributed by atoms with E-state index in [1.165, 1.54) is 0 Å². The quantitative estimate of drug-likeness (QED) is 0.478. The molecule has 0 rings (SSSR count). The van der Waals surface area contributed by atoms with Crippen molar-refractivity contribution in [2.75, 3.05) is 0 Å². The summed E-state index contributed by atoms with van der Waals surface area (Å²) >= 11 is 0. The molecule has 0 bridgehead atoms. The van der Waals surface area contributed by atoms with Gasteiger partial charge in [-0.05, 0) is 0 Å². The van der Waals surface area contributed by atoms with Crippen molar-refractivity contribution in [3.63, 3.8) is 0 Å². The van der Waals surface area contributed by atoms with Gasteiger partial charge in [0.05, 0.1) is 0 Å². The topological polar surface area (TPSA) is 37.3 Å². The third kappa shape index (κ3) is 1.46. The Morgan fingerprint density at radius 1 is 2.17 bits per heavy atom. The number of hydrogen-bond acceptors (Lipinski definition) is 2. The number of aliphatic carboxylic acids is 1. The van der Waals surface area contributed by atoms with Crippen LogP contribution >= 0.6 is 0 Å². The van der Waals surface area contributed by atoms with Crippen molar-refractivity contribution in [1.82, 2.24) is 0 Å². The Kier molecular flexibility index (Phi) is 0.859. The Morgan fingerprint density at radius 3 is 2.67 bits per heavy atom. The van der Waals surface area contributed by atoms with Crippen LogP contribution in [0.4, 0.5) is 4.39 Å². The lowest BCUT2D eigenvalue weighted by Gasteiger charge is -1.75. The number of carboxylic acids is 1. The molecule has 0 aromatic rings. The van der Waals surface area contributed by atoms with E-state index in [1.807, 2.05) is 0 Å². The number of carboxylic acid groups (broad SMARTS) is 1. The van der Waals surface area contributed by atoms with E-state index in [9.17, 15) is 9.18 Å². The van der Waals surface area contributed by atoms with Gasteiger partial charge >= 0.3 is 5.97 Å². The number of hydrogen-bond donors (Lipinski definition) is 1. The Balaban J connectivity index is 3.58. The highest BCUT2D eigenvalue weighted by Crippen LogP contribution is 1.86. The Morgan fingerprint density at radius 2 is 2.67 bits per heavy atom. The summed E-state index contributed by atoms with van der Waals surface area (Å²) in [7, 11) is 0. The highest BCUT2D eigenvalue weighted by Gasteiger charge is 1.96. The van der Waals surface area contributed by atoms with Gasteiger partial charge in [-0.15, -0.1) is 0 Å². The van der Waals surface area contributed by atoms with Gasteiger partial charge in [-0.25, -0.2) is 4.79 Å². The summed E-state index contributed by atoms with van der Waals surface area (Å²) in [6.07, 6.45) is 0. The largest absolute Gasteiger partial charge is 0.476 e. The van der Waals surface area contributed by atoms with E-state index in [-0.39, 0.29) is 0 Å². The molecule has 0 aromatic carbocycles. The summed E-state index contributed by atoms with van der Waals surface area (Å²) < 4.78 is 17.1. The van der Waals surface area contributed by atoms with E-state index in [4.69, 9.17) is 1.43 Å². The van der Waals surface area contributed by atoms with Crippen molar-refractivity contribution in [2.45, 2.75) is 0 Å². The second-order valence-electron chi connectivity index (χ2n) is 0.692. The van der Waals surface area contributed by atoms with Gasteiger partial charge in [-0.1, -0.05) is 6.58 Å². The molecule has 0 saturated carbocycles. The lowest BCUT2D eigenvalue weighted by molar-refractivity contribution is -0.134. The second-order valence-corrected chi connectivity index (χ2v) is 0.692. The molecule has 6 heavy (non-hydrogen) atoms. The van der Waals surface area contributed by atoms with Crippen molar-refractivity contribution in [1.29, 1.82) is 1.43 Å². The molecule has 0 unspecified atom stereocenters.